The van der Waals surface area contributed by atoms with Gasteiger partial charge in [0.1, 0.15) is 11.6 Å². The number of carbonyl (C=O) groups is 3. The molecular formula is C23H31N3O4. The molecule has 0 radical (unpaired) electrons. The Morgan fingerprint density at radius 2 is 1.87 bits per heavy atom. The van der Waals surface area contributed by atoms with Crippen molar-refractivity contribution in [2.24, 2.45) is 0 Å². The summed E-state index contributed by atoms with van der Waals surface area (Å²) in [5, 5.41) is 5.59. The van der Waals surface area contributed by atoms with Gasteiger partial charge in [-0.05, 0) is 76.5 Å². The number of anilines is 1. The van der Waals surface area contributed by atoms with Crippen molar-refractivity contribution in [3.8, 4) is 0 Å². The van der Waals surface area contributed by atoms with Gasteiger partial charge in [-0.25, -0.2) is 4.79 Å². The van der Waals surface area contributed by atoms with Gasteiger partial charge in [-0.15, -0.1) is 0 Å². The first kappa shape index (κ1) is 20.7. The maximum atomic E-state index is 12.6. The van der Waals surface area contributed by atoms with Gasteiger partial charge in [-0.1, -0.05) is 12.1 Å². The molecule has 30 heavy (non-hydrogen) atoms. The van der Waals surface area contributed by atoms with Gasteiger partial charge in [0.05, 0.1) is 0 Å². The largest absolute Gasteiger partial charge is 0.444 e. The van der Waals surface area contributed by atoms with Crippen molar-refractivity contribution in [1.82, 2.24) is 10.2 Å². The Morgan fingerprint density at radius 3 is 2.47 bits per heavy atom. The molecule has 1 aromatic carbocycles. The Balaban J connectivity index is 1.37. The van der Waals surface area contributed by atoms with Crippen molar-refractivity contribution in [1.29, 1.82) is 0 Å². The van der Waals surface area contributed by atoms with Gasteiger partial charge in [-0.3, -0.25) is 14.9 Å². The fraction of sp³-hybridized carbons (Fsp3) is 0.609. The highest BCUT2D eigenvalue weighted by Crippen LogP contribution is 2.52. The lowest BCUT2D eigenvalue weighted by molar-refractivity contribution is -0.133. The molecule has 3 amide bonds. The van der Waals surface area contributed by atoms with Gasteiger partial charge in [0.25, 0.3) is 0 Å². The minimum absolute atomic E-state index is 0.0467. The average Bonchev–Trinajstić information content (AvgIpc) is 3.42. The van der Waals surface area contributed by atoms with Crippen LogP contribution >= 0.6 is 0 Å². The highest BCUT2D eigenvalue weighted by atomic mass is 16.6. The second-order valence-electron chi connectivity index (χ2n) is 9.82. The zero-order chi connectivity index (χ0) is 21.5. The highest BCUT2D eigenvalue weighted by molar-refractivity contribution is 6.01. The first-order valence-corrected chi connectivity index (χ1v) is 10.9. The van der Waals surface area contributed by atoms with Crippen LogP contribution in [0.4, 0.5) is 10.5 Å². The first-order chi connectivity index (χ1) is 14.2. The van der Waals surface area contributed by atoms with E-state index in [1.165, 1.54) is 5.56 Å². The second kappa shape index (κ2) is 7.60. The third-order valence-electron chi connectivity index (χ3n) is 6.30. The van der Waals surface area contributed by atoms with E-state index in [-0.39, 0.29) is 29.5 Å². The highest BCUT2D eigenvalue weighted by Gasteiger charge is 2.54. The molecule has 2 atom stereocenters. The van der Waals surface area contributed by atoms with Gasteiger partial charge in [0, 0.05) is 24.2 Å². The SMILES string of the molecule is CC(C)(C)OC(=O)N1CCC(c2ccc(NC3CCC(=O)NC3=O)cc2)CC12CC2. The van der Waals surface area contributed by atoms with Crippen molar-refractivity contribution < 1.29 is 19.1 Å². The maximum Gasteiger partial charge on any atom is 0.410 e. The summed E-state index contributed by atoms with van der Waals surface area (Å²) in [5.74, 6) is -0.0588. The van der Waals surface area contributed by atoms with E-state index in [0.29, 0.717) is 18.8 Å². The summed E-state index contributed by atoms with van der Waals surface area (Å²) in [5.41, 5.74) is 1.61. The van der Waals surface area contributed by atoms with E-state index in [1.54, 1.807) is 0 Å². The summed E-state index contributed by atoms with van der Waals surface area (Å²) in [6.07, 6.45) is 4.64. The molecule has 2 saturated heterocycles. The molecule has 2 heterocycles. The molecule has 7 nitrogen and oxygen atoms in total. The van der Waals surface area contributed by atoms with Crippen molar-refractivity contribution in [2.45, 2.75) is 82.4 Å². The topological polar surface area (TPSA) is 87.7 Å². The Bertz CT molecular complexity index is 839. The third-order valence-corrected chi connectivity index (χ3v) is 6.30. The molecule has 1 aromatic rings. The van der Waals surface area contributed by atoms with Crippen molar-refractivity contribution in [2.75, 3.05) is 11.9 Å². The molecule has 3 fully saturated rings. The number of amides is 3. The standard InChI is InChI=1S/C23H31N3O4/c1-22(2,3)30-21(29)26-13-10-16(14-23(26)11-12-23)15-4-6-17(7-5-15)24-18-8-9-19(27)25-20(18)28/h4-7,16,18,24H,8-14H2,1-3H3,(H,25,27,28). The average molecular weight is 414 g/mol. The summed E-state index contributed by atoms with van der Waals surface area (Å²) in [6.45, 7) is 6.43. The van der Waals surface area contributed by atoms with E-state index >= 15 is 0 Å². The molecule has 1 saturated carbocycles. The van der Waals surface area contributed by atoms with Crippen molar-refractivity contribution in [3.63, 3.8) is 0 Å². The lowest BCUT2D eigenvalue weighted by Crippen LogP contribution is -2.49. The quantitative estimate of drug-likeness (QED) is 0.740. The molecule has 0 aromatic heterocycles. The van der Waals surface area contributed by atoms with Crippen LogP contribution in [0.3, 0.4) is 0 Å². The number of rotatable bonds is 3. The Hall–Kier alpha value is -2.57. The van der Waals surface area contributed by atoms with Gasteiger partial charge >= 0.3 is 6.09 Å². The number of nitrogens with zero attached hydrogens (tertiary/aromatic N) is 1. The van der Waals surface area contributed by atoms with Crippen molar-refractivity contribution >= 4 is 23.6 Å². The van der Waals surface area contributed by atoms with Gasteiger partial charge in [0.15, 0.2) is 0 Å². The lowest BCUT2D eigenvalue weighted by Gasteiger charge is -2.41. The predicted octanol–water partition coefficient (Wildman–Crippen LogP) is 3.55. The molecule has 7 heteroatoms. The summed E-state index contributed by atoms with van der Waals surface area (Å²) in [6, 6.07) is 7.84. The number of carbonyl (C=O) groups excluding carboxylic acids is 3. The molecule has 1 aliphatic carbocycles. The van der Waals surface area contributed by atoms with Gasteiger partial charge < -0.3 is 15.0 Å². The van der Waals surface area contributed by atoms with Gasteiger partial charge in [0.2, 0.25) is 11.8 Å². The smallest absolute Gasteiger partial charge is 0.410 e. The molecule has 0 bridgehead atoms. The number of nitrogens with one attached hydrogen (secondary N) is 2. The fourth-order valence-corrected chi connectivity index (χ4v) is 4.58. The Morgan fingerprint density at radius 1 is 1.17 bits per heavy atom. The predicted molar refractivity (Wildman–Crippen MR) is 113 cm³/mol. The van der Waals surface area contributed by atoms with E-state index in [0.717, 1.165) is 37.9 Å². The van der Waals surface area contributed by atoms with E-state index < -0.39 is 5.60 Å². The molecule has 3 aliphatic rings. The number of hydrogen-bond acceptors (Lipinski definition) is 5. The normalized spacial score (nSPS) is 25.6. The molecule has 2 aliphatic heterocycles. The molecule has 4 rings (SSSR count). The minimum atomic E-state index is -0.477. The van der Waals surface area contributed by atoms with E-state index in [1.807, 2.05) is 37.8 Å². The van der Waals surface area contributed by atoms with E-state index in [9.17, 15) is 14.4 Å². The second-order valence-corrected chi connectivity index (χ2v) is 9.82. The number of piperidine rings is 2. The Labute approximate surface area is 177 Å². The van der Waals surface area contributed by atoms with Crippen molar-refractivity contribution in [3.05, 3.63) is 29.8 Å². The number of hydrogen-bond donors (Lipinski definition) is 2. The fourth-order valence-electron chi connectivity index (χ4n) is 4.58. The van der Waals surface area contributed by atoms with Crippen LogP contribution in [0.5, 0.6) is 0 Å². The summed E-state index contributed by atoms with van der Waals surface area (Å²) < 4.78 is 5.62. The monoisotopic (exact) mass is 413 g/mol. The van der Waals surface area contributed by atoms with Crippen LogP contribution in [0.1, 0.15) is 70.8 Å². The zero-order valence-electron chi connectivity index (χ0n) is 18.0. The van der Waals surface area contributed by atoms with Crippen LogP contribution in [0.2, 0.25) is 0 Å². The maximum absolute atomic E-state index is 12.6. The summed E-state index contributed by atoms with van der Waals surface area (Å²) in [4.78, 5) is 37.8. The third kappa shape index (κ3) is 4.45. The van der Waals surface area contributed by atoms with Crippen LogP contribution in [0, 0.1) is 0 Å². The number of benzene rings is 1. The lowest BCUT2D eigenvalue weighted by atomic mass is 9.84. The zero-order valence-corrected chi connectivity index (χ0v) is 18.0. The Kier molecular flexibility index (Phi) is 5.24. The number of imide groups is 1. The summed E-state index contributed by atoms with van der Waals surface area (Å²) >= 11 is 0. The van der Waals surface area contributed by atoms with Gasteiger partial charge in [-0.2, -0.15) is 0 Å². The molecule has 2 unspecified atom stereocenters. The van der Waals surface area contributed by atoms with Crippen LogP contribution < -0.4 is 10.6 Å². The summed E-state index contributed by atoms with van der Waals surface area (Å²) in [7, 11) is 0. The van der Waals surface area contributed by atoms with Crippen LogP contribution in [0.15, 0.2) is 24.3 Å². The molecule has 2 N–H and O–H groups in total. The first-order valence-electron chi connectivity index (χ1n) is 10.9. The van der Waals surface area contributed by atoms with Crippen LogP contribution in [-0.4, -0.2) is 46.5 Å². The van der Waals surface area contributed by atoms with E-state index in [4.69, 9.17) is 4.74 Å². The van der Waals surface area contributed by atoms with E-state index in [2.05, 4.69) is 22.8 Å². The minimum Gasteiger partial charge on any atom is -0.444 e. The molecule has 1 spiro atoms. The molecule has 162 valence electrons. The molecular weight excluding hydrogens is 382 g/mol. The number of ether oxygens (including phenoxy) is 1. The number of likely N-dealkylation sites (tertiary alicyclic amines) is 1. The van der Waals surface area contributed by atoms with Crippen LogP contribution in [0.25, 0.3) is 0 Å². The van der Waals surface area contributed by atoms with Crippen LogP contribution in [-0.2, 0) is 14.3 Å².